The second-order valence-corrected chi connectivity index (χ2v) is 5.77. The molecular weight excluding hydrogens is 262 g/mol. The van der Waals surface area contributed by atoms with Crippen LogP contribution < -0.4 is 10.6 Å². The lowest BCUT2D eigenvalue weighted by atomic mass is 10.2. The summed E-state index contributed by atoms with van der Waals surface area (Å²) in [7, 11) is 1.65. The van der Waals surface area contributed by atoms with Crippen molar-refractivity contribution in [2.75, 3.05) is 26.8 Å². The number of thiazole rings is 1. The van der Waals surface area contributed by atoms with Gasteiger partial charge in [-0.1, -0.05) is 0 Å². The first-order valence-electron chi connectivity index (χ1n) is 6.61. The Kier molecular flexibility index (Phi) is 5.30. The van der Waals surface area contributed by atoms with Crippen molar-refractivity contribution >= 4 is 17.2 Å². The first-order chi connectivity index (χ1) is 9.20. The SMILES string of the molecule is COCCNCC(=O)NC(c1nc(C)cs1)C1CC1. The summed E-state index contributed by atoms with van der Waals surface area (Å²) in [5.41, 5.74) is 1.03. The van der Waals surface area contributed by atoms with Crippen LogP contribution in [0.3, 0.4) is 0 Å². The van der Waals surface area contributed by atoms with Gasteiger partial charge >= 0.3 is 0 Å². The molecule has 6 heteroatoms. The molecule has 1 fully saturated rings. The van der Waals surface area contributed by atoms with Crippen LogP contribution in [0, 0.1) is 12.8 Å². The molecular formula is C13H21N3O2S. The molecule has 2 rings (SSSR count). The van der Waals surface area contributed by atoms with E-state index in [1.807, 2.05) is 12.3 Å². The van der Waals surface area contributed by atoms with Gasteiger partial charge in [-0.25, -0.2) is 4.98 Å². The molecule has 1 aromatic rings. The number of hydrogen-bond acceptors (Lipinski definition) is 5. The minimum absolute atomic E-state index is 0.0286. The number of carbonyl (C=O) groups is 1. The topological polar surface area (TPSA) is 63.2 Å². The van der Waals surface area contributed by atoms with Gasteiger partial charge in [0.1, 0.15) is 5.01 Å². The number of aryl methyl sites for hydroxylation is 1. The molecule has 19 heavy (non-hydrogen) atoms. The molecule has 1 unspecified atom stereocenters. The molecule has 1 aliphatic rings. The zero-order valence-electron chi connectivity index (χ0n) is 11.4. The van der Waals surface area contributed by atoms with E-state index in [1.54, 1.807) is 18.4 Å². The van der Waals surface area contributed by atoms with Crippen LogP contribution in [0.5, 0.6) is 0 Å². The minimum atomic E-state index is 0.0286. The molecule has 0 spiro atoms. The Balaban J connectivity index is 1.82. The highest BCUT2D eigenvalue weighted by Crippen LogP contribution is 2.41. The summed E-state index contributed by atoms with van der Waals surface area (Å²) in [6.45, 7) is 3.62. The number of nitrogens with one attached hydrogen (secondary N) is 2. The third-order valence-corrected chi connectivity index (χ3v) is 4.13. The Morgan fingerprint density at radius 2 is 2.42 bits per heavy atom. The molecule has 2 N–H and O–H groups in total. The number of methoxy groups -OCH3 is 1. The maximum atomic E-state index is 11.9. The van der Waals surface area contributed by atoms with E-state index in [1.165, 1.54) is 12.8 Å². The molecule has 0 bridgehead atoms. The largest absolute Gasteiger partial charge is 0.383 e. The van der Waals surface area contributed by atoms with Crippen LogP contribution in [0.15, 0.2) is 5.38 Å². The molecule has 0 radical (unpaired) electrons. The normalized spacial score (nSPS) is 16.3. The lowest BCUT2D eigenvalue weighted by molar-refractivity contribution is -0.121. The molecule has 1 aromatic heterocycles. The average molecular weight is 283 g/mol. The standard InChI is InChI=1S/C13H21N3O2S/c1-9-8-19-13(15-9)12(10-3-4-10)16-11(17)7-14-5-6-18-2/h8,10,12,14H,3-7H2,1-2H3,(H,16,17). The maximum absolute atomic E-state index is 11.9. The van der Waals surface area contributed by atoms with Crippen molar-refractivity contribution in [3.8, 4) is 0 Å². The van der Waals surface area contributed by atoms with Crippen molar-refractivity contribution < 1.29 is 9.53 Å². The van der Waals surface area contributed by atoms with Crippen molar-refractivity contribution in [1.29, 1.82) is 0 Å². The number of rotatable bonds is 8. The Morgan fingerprint density at radius 1 is 1.63 bits per heavy atom. The summed E-state index contributed by atoms with van der Waals surface area (Å²) in [4.78, 5) is 16.4. The number of carbonyl (C=O) groups excluding carboxylic acids is 1. The number of ether oxygens (including phenoxy) is 1. The third-order valence-electron chi connectivity index (χ3n) is 3.08. The van der Waals surface area contributed by atoms with Gasteiger partial charge in [-0.05, 0) is 25.7 Å². The van der Waals surface area contributed by atoms with Gasteiger partial charge < -0.3 is 15.4 Å². The Hall–Kier alpha value is -0.980. The van der Waals surface area contributed by atoms with Gasteiger partial charge in [0.15, 0.2) is 0 Å². The van der Waals surface area contributed by atoms with Crippen LogP contribution in [-0.2, 0) is 9.53 Å². The first kappa shape index (κ1) is 14.4. The molecule has 1 atom stereocenters. The summed E-state index contributed by atoms with van der Waals surface area (Å²) in [6.07, 6.45) is 2.36. The average Bonchev–Trinajstić information content (AvgIpc) is 3.14. The zero-order valence-corrected chi connectivity index (χ0v) is 12.3. The predicted octanol–water partition coefficient (Wildman–Crippen LogP) is 1.25. The summed E-state index contributed by atoms with van der Waals surface area (Å²) in [5.74, 6) is 0.592. The molecule has 1 heterocycles. The molecule has 1 aliphatic carbocycles. The first-order valence-corrected chi connectivity index (χ1v) is 7.49. The van der Waals surface area contributed by atoms with E-state index in [0.717, 1.165) is 10.7 Å². The summed E-state index contributed by atoms with van der Waals surface area (Å²) in [6, 6.07) is 0.0930. The highest BCUT2D eigenvalue weighted by Gasteiger charge is 2.35. The van der Waals surface area contributed by atoms with Gasteiger partial charge in [0.2, 0.25) is 5.91 Å². The number of aromatic nitrogens is 1. The van der Waals surface area contributed by atoms with E-state index >= 15 is 0 Å². The maximum Gasteiger partial charge on any atom is 0.234 e. The zero-order chi connectivity index (χ0) is 13.7. The van der Waals surface area contributed by atoms with E-state index in [0.29, 0.717) is 25.6 Å². The number of hydrogen-bond donors (Lipinski definition) is 2. The molecule has 1 amide bonds. The highest BCUT2D eigenvalue weighted by atomic mass is 32.1. The minimum Gasteiger partial charge on any atom is -0.383 e. The second-order valence-electron chi connectivity index (χ2n) is 4.88. The van der Waals surface area contributed by atoms with Crippen LogP contribution in [0.4, 0.5) is 0 Å². The third kappa shape index (κ3) is 4.56. The molecule has 1 saturated carbocycles. The Labute approximate surface area is 117 Å². The van der Waals surface area contributed by atoms with Gasteiger partial charge in [0.05, 0.1) is 19.2 Å². The molecule has 5 nitrogen and oxygen atoms in total. The van der Waals surface area contributed by atoms with Crippen LogP contribution >= 0.6 is 11.3 Å². The monoisotopic (exact) mass is 283 g/mol. The highest BCUT2D eigenvalue weighted by molar-refractivity contribution is 7.09. The molecule has 0 saturated heterocycles. The van der Waals surface area contributed by atoms with E-state index in [4.69, 9.17) is 4.74 Å². The van der Waals surface area contributed by atoms with Crippen LogP contribution in [0.2, 0.25) is 0 Å². The Morgan fingerprint density at radius 3 is 3.00 bits per heavy atom. The van der Waals surface area contributed by atoms with Crippen molar-refractivity contribution in [3.63, 3.8) is 0 Å². The van der Waals surface area contributed by atoms with E-state index < -0.39 is 0 Å². The predicted molar refractivity (Wildman–Crippen MR) is 75.2 cm³/mol. The quantitative estimate of drug-likeness (QED) is 0.705. The van der Waals surface area contributed by atoms with Gasteiger partial charge in [-0.2, -0.15) is 0 Å². The fraction of sp³-hybridized carbons (Fsp3) is 0.692. The molecule has 106 valence electrons. The number of amides is 1. The van der Waals surface area contributed by atoms with Crippen LogP contribution in [-0.4, -0.2) is 37.7 Å². The summed E-state index contributed by atoms with van der Waals surface area (Å²) in [5, 5.41) is 9.21. The van der Waals surface area contributed by atoms with Crippen molar-refractivity contribution in [3.05, 3.63) is 16.1 Å². The fourth-order valence-corrected chi connectivity index (χ4v) is 2.87. The number of nitrogens with zero attached hydrogens (tertiary/aromatic N) is 1. The van der Waals surface area contributed by atoms with Crippen LogP contribution in [0.1, 0.15) is 29.6 Å². The Bertz CT molecular complexity index is 418. The summed E-state index contributed by atoms with van der Waals surface area (Å²) < 4.78 is 4.92. The van der Waals surface area contributed by atoms with Crippen LogP contribution in [0.25, 0.3) is 0 Å². The summed E-state index contributed by atoms with van der Waals surface area (Å²) >= 11 is 1.63. The van der Waals surface area contributed by atoms with Crippen molar-refractivity contribution in [1.82, 2.24) is 15.6 Å². The van der Waals surface area contributed by atoms with Gasteiger partial charge in [0.25, 0.3) is 0 Å². The molecule has 0 aliphatic heterocycles. The van der Waals surface area contributed by atoms with Gasteiger partial charge in [0, 0.05) is 24.7 Å². The lowest BCUT2D eigenvalue weighted by Gasteiger charge is -2.16. The smallest absolute Gasteiger partial charge is 0.234 e. The van der Waals surface area contributed by atoms with Gasteiger partial charge in [-0.3, -0.25) is 4.79 Å². The van der Waals surface area contributed by atoms with E-state index in [9.17, 15) is 4.79 Å². The fourth-order valence-electron chi connectivity index (χ4n) is 1.93. The van der Waals surface area contributed by atoms with E-state index in [-0.39, 0.29) is 11.9 Å². The van der Waals surface area contributed by atoms with E-state index in [2.05, 4.69) is 15.6 Å². The lowest BCUT2D eigenvalue weighted by Crippen LogP contribution is -2.38. The van der Waals surface area contributed by atoms with Crippen molar-refractivity contribution in [2.45, 2.75) is 25.8 Å². The second kappa shape index (κ2) is 6.98. The van der Waals surface area contributed by atoms with Crippen molar-refractivity contribution in [2.24, 2.45) is 5.92 Å². The van der Waals surface area contributed by atoms with Gasteiger partial charge in [-0.15, -0.1) is 11.3 Å². The molecule has 0 aromatic carbocycles.